The summed E-state index contributed by atoms with van der Waals surface area (Å²) in [5.74, 6) is 0.519. The fourth-order valence-electron chi connectivity index (χ4n) is 1.34. The Bertz CT molecular complexity index is 394. The molecule has 4 nitrogen and oxygen atoms in total. The van der Waals surface area contributed by atoms with E-state index in [2.05, 4.69) is 0 Å². The maximum absolute atomic E-state index is 12.2. The number of hydrogen-bond acceptors (Lipinski definition) is 4. The van der Waals surface area contributed by atoms with Crippen molar-refractivity contribution >= 4 is 22.8 Å². The van der Waals surface area contributed by atoms with Crippen LogP contribution in [0.15, 0.2) is 24.3 Å². The standard InChI is InChI=1S/C11H15O4PSe/c1-10-2-4-11(5-3-10)15-16(12)13-6-8-17-9-7-14-16/h2-5H,6-9H2,1H3. The van der Waals surface area contributed by atoms with Gasteiger partial charge in [0.15, 0.2) is 0 Å². The van der Waals surface area contributed by atoms with Crippen LogP contribution in [0.25, 0.3) is 0 Å². The van der Waals surface area contributed by atoms with Gasteiger partial charge in [0, 0.05) is 0 Å². The van der Waals surface area contributed by atoms with Gasteiger partial charge < -0.3 is 0 Å². The molecule has 94 valence electrons. The normalized spacial score (nSPS) is 20.3. The zero-order chi connectivity index (χ0) is 12.1. The van der Waals surface area contributed by atoms with Gasteiger partial charge in [-0.3, -0.25) is 0 Å². The Balaban J connectivity index is 2.04. The molecule has 0 aliphatic carbocycles. The van der Waals surface area contributed by atoms with Crippen LogP contribution in [0.3, 0.4) is 0 Å². The Hall–Kier alpha value is -0.311. The third-order valence-corrected chi connectivity index (χ3v) is 5.54. The molecule has 1 saturated heterocycles. The van der Waals surface area contributed by atoms with E-state index in [1.54, 1.807) is 12.1 Å². The second-order valence-electron chi connectivity index (χ2n) is 3.63. The van der Waals surface area contributed by atoms with Crippen molar-refractivity contribution < 1.29 is 18.1 Å². The summed E-state index contributed by atoms with van der Waals surface area (Å²) in [6.45, 7) is 2.88. The van der Waals surface area contributed by atoms with Crippen molar-refractivity contribution in [2.75, 3.05) is 13.2 Å². The van der Waals surface area contributed by atoms with E-state index in [1.165, 1.54) is 0 Å². The quantitative estimate of drug-likeness (QED) is 0.620. The molecule has 0 unspecified atom stereocenters. The van der Waals surface area contributed by atoms with Crippen molar-refractivity contribution in [3.8, 4) is 5.75 Å². The molecular weight excluding hydrogens is 306 g/mol. The molecule has 1 fully saturated rings. The Kier molecular flexibility index (Phi) is 4.66. The molecule has 0 saturated carbocycles. The molecule has 0 aromatic heterocycles. The predicted octanol–water partition coefficient (Wildman–Crippen LogP) is 3.07. The average Bonchev–Trinajstić information content (AvgIpc) is 2.28. The Morgan fingerprint density at radius 2 is 1.76 bits per heavy atom. The van der Waals surface area contributed by atoms with E-state index in [-0.39, 0.29) is 0 Å². The summed E-state index contributed by atoms with van der Waals surface area (Å²) in [6.07, 6.45) is 0. The summed E-state index contributed by atoms with van der Waals surface area (Å²) in [4.78, 5) is 0. The molecule has 0 radical (unpaired) electrons. The van der Waals surface area contributed by atoms with Gasteiger partial charge in [-0.15, -0.1) is 0 Å². The number of rotatable bonds is 2. The van der Waals surface area contributed by atoms with Gasteiger partial charge in [-0.05, 0) is 0 Å². The summed E-state index contributed by atoms with van der Waals surface area (Å²) in [5, 5.41) is 1.91. The molecule has 1 aliphatic rings. The zero-order valence-electron chi connectivity index (χ0n) is 9.63. The first kappa shape index (κ1) is 13.1. The van der Waals surface area contributed by atoms with E-state index in [4.69, 9.17) is 13.6 Å². The van der Waals surface area contributed by atoms with Crippen LogP contribution in [0.2, 0.25) is 10.6 Å². The van der Waals surface area contributed by atoms with E-state index in [1.807, 2.05) is 19.1 Å². The third kappa shape index (κ3) is 4.13. The maximum atomic E-state index is 12.2. The predicted molar refractivity (Wildman–Crippen MR) is 66.7 cm³/mol. The van der Waals surface area contributed by atoms with Crippen molar-refractivity contribution in [1.29, 1.82) is 0 Å². The average molecular weight is 321 g/mol. The molecule has 2 rings (SSSR count). The first-order chi connectivity index (χ1) is 8.18. The molecule has 6 heteroatoms. The fraction of sp³-hybridized carbons (Fsp3) is 0.455. The Morgan fingerprint density at radius 3 is 2.35 bits per heavy atom. The van der Waals surface area contributed by atoms with Gasteiger partial charge >= 0.3 is 107 Å². The van der Waals surface area contributed by atoms with Gasteiger partial charge in [-0.25, -0.2) is 0 Å². The summed E-state index contributed by atoms with van der Waals surface area (Å²) < 4.78 is 28.0. The molecule has 0 amide bonds. The summed E-state index contributed by atoms with van der Waals surface area (Å²) in [6, 6.07) is 7.33. The van der Waals surface area contributed by atoms with E-state index >= 15 is 0 Å². The fourth-order valence-corrected chi connectivity index (χ4v) is 4.35. The SMILES string of the molecule is Cc1ccc(OP2(=O)OCC[Se]CCO2)cc1. The van der Waals surface area contributed by atoms with Crippen LogP contribution in [0.1, 0.15) is 5.56 Å². The van der Waals surface area contributed by atoms with Gasteiger partial charge in [-0.1, -0.05) is 0 Å². The van der Waals surface area contributed by atoms with Crippen molar-refractivity contribution in [3.05, 3.63) is 29.8 Å². The molecule has 0 spiro atoms. The van der Waals surface area contributed by atoms with Crippen LogP contribution in [-0.2, 0) is 13.6 Å². The topological polar surface area (TPSA) is 44.8 Å². The second-order valence-corrected chi connectivity index (χ2v) is 7.79. The van der Waals surface area contributed by atoms with Crippen molar-refractivity contribution in [2.45, 2.75) is 17.6 Å². The summed E-state index contributed by atoms with van der Waals surface area (Å²) in [7, 11) is -3.41. The van der Waals surface area contributed by atoms with Crippen molar-refractivity contribution in [3.63, 3.8) is 0 Å². The van der Waals surface area contributed by atoms with E-state index < -0.39 is 7.82 Å². The van der Waals surface area contributed by atoms with Crippen LogP contribution >= 0.6 is 7.82 Å². The molecule has 1 aliphatic heterocycles. The van der Waals surface area contributed by atoms with Gasteiger partial charge in [0.25, 0.3) is 0 Å². The number of hydrogen-bond donors (Lipinski definition) is 0. The molecule has 0 atom stereocenters. The monoisotopic (exact) mass is 322 g/mol. The third-order valence-electron chi connectivity index (χ3n) is 2.19. The van der Waals surface area contributed by atoms with Crippen LogP contribution in [0.5, 0.6) is 5.75 Å². The first-order valence-electron chi connectivity index (χ1n) is 5.41. The minimum atomic E-state index is -3.41. The van der Waals surface area contributed by atoms with Crippen LogP contribution in [0, 0.1) is 6.92 Å². The second kappa shape index (κ2) is 6.03. The van der Waals surface area contributed by atoms with Gasteiger partial charge in [0.2, 0.25) is 0 Å². The van der Waals surface area contributed by atoms with Crippen LogP contribution < -0.4 is 4.52 Å². The zero-order valence-corrected chi connectivity index (χ0v) is 12.2. The van der Waals surface area contributed by atoms with Gasteiger partial charge in [0.1, 0.15) is 0 Å². The van der Waals surface area contributed by atoms with Crippen LogP contribution in [-0.4, -0.2) is 28.2 Å². The van der Waals surface area contributed by atoms with E-state index in [0.29, 0.717) is 33.9 Å². The van der Waals surface area contributed by atoms with Crippen molar-refractivity contribution in [1.82, 2.24) is 0 Å². The molecule has 1 aromatic carbocycles. The number of phosphoric ester groups is 1. The molecule has 17 heavy (non-hydrogen) atoms. The number of benzene rings is 1. The van der Waals surface area contributed by atoms with Crippen LogP contribution in [0.4, 0.5) is 0 Å². The number of aryl methyl sites for hydroxylation is 1. The molecule has 0 N–H and O–H groups in total. The van der Waals surface area contributed by atoms with E-state index in [0.717, 1.165) is 16.2 Å². The summed E-state index contributed by atoms with van der Waals surface area (Å²) >= 11 is 0.523. The van der Waals surface area contributed by atoms with E-state index in [9.17, 15) is 4.57 Å². The molecule has 0 bridgehead atoms. The van der Waals surface area contributed by atoms with Gasteiger partial charge in [-0.2, -0.15) is 0 Å². The van der Waals surface area contributed by atoms with Gasteiger partial charge in [0.05, 0.1) is 0 Å². The minimum absolute atomic E-state index is 0.448. The summed E-state index contributed by atoms with van der Waals surface area (Å²) in [5.41, 5.74) is 1.12. The Morgan fingerprint density at radius 1 is 1.18 bits per heavy atom. The number of phosphoric acid groups is 1. The van der Waals surface area contributed by atoms with Crippen molar-refractivity contribution in [2.24, 2.45) is 0 Å². The molecule has 1 aromatic rings. The first-order valence-corrected chi connectivity index (χ1v) is 9.29. The molecular formula is C11H15O4PSe. The Labute approximate surface area is 107 Å². The molecule has 1 heterocycles.